The molecule has 0 spiro atoms. The number of rotatable bonds is 6. The van der Waals surface area contributed by atoms with Gasteiger partial charge in [-0.05, 0) is 12.3 Å². The van der Waals surface area contributed by atoms with E-state index in [1.165, 1.54) is 0 Å². The summed E-state index contributed by atoms with van der Waals surface area (Å²) in [6.45, 7) is 3.74. The molecular weight excluding hydrogens is 228 g/mol. The van der Waals surface area contributed by atoms with Crippen molar-refractivity contribution in [1.29, 1.82) is 0 Å². The van der Waals surface area contributed by atoms with Crippen molar-refractivity contribution in [3.8, 4) is 0 Å². The van der Waals surface area contributed by atoms with Gasteiger partial charge >= 0.3 is 17.9 Å². The van der Waals surface area contributed by atoms with Crippen molar-refractivity contribution < 1.29 is 24.2 Å². The summed E-state index contributed by atoms with van der Waals surface area (Å²) >= 11 is 0. The molecule has 7 nitrogen and oxygen atoms in total. The molecule has 7 heteroatoms. The molecule has 0 aliphatic carbocycles. The number of aliphatic carboxylic acids is 1. The fourth-order valence-corrected chi connectivity index (χ4v) is 1.10. The predicted octanol–water partition coefficient (Wildman–Crippen LogP) is -0.768. The summed E-state index contributed by atoms with van der Waals surface area (Å²) in [6.07, 6.45) is -0.174. The van der Waals surface area contributed by atoms with Gasteiger partial charge in [0.25, 0.3) is 0 Å². The lowest BCUT2D eigenvalue weighted by atomic mass is 10.1. The Bertz CT molecular complexity index is 303. The standard InChI is InChI=1S/C10H18N2O5/c1-5(2)3-7(12)10(16)17-8(13)4-6(11)9(14)15/h5-7H,3-4,11-12H2,1-2H3,(H,14,15). The SMILES string of the molecule is CC(C)CC(N)C(=O)OC(=O)CC(N)C(=O)O. The Morgan fingerprint density at radius 2 is 1.71 bits per heavy atom. The lowest BCUT2D eigenvalue weighted by Gasteiger charge is -2.12. The summed E-state index contributed by atoms with van der Waals surface area (Å²) in [4.78, 5) is 32.8. The number of carbonyl (C=O) groups is 3. The van der Waals surface area contributed by atoms with Crippen molar-refractivity contribution in [1.82, 2.24) is 0 Å². The minimum Gasteiger partial charge on any atom is -0.480 e. The third kappa shape index (κ3) is 6.64. The molecule has 17 heavy (non-hydrogen) atoms. The van der Waals surface area contributed by atoms with Gasteiger partial charge in [-0.15, -0.1) is 0 Å². The Labute approximate surface area is 99.1 Å². The van der Waals surface area contributed by atoms with Gasteiger partial charge < -0.3 is 21.3 Å². The third-order valence-corrected chi connectivity index (χ3v) is 1.95. The second kappa shape index (κ2) is 6.97. The van der Waals surface area contributed by atoms with Crippen molar-refractivity contribution in [2.45, 2.75) is 38.8 Å². The fourth-order valence-electron chi connectivity index (χ4n) is 1.10. The largest absolute Gasteiger partial charge is 0.480 e. The zero-order valence-electron chi connectivity index (χ0n) is 9.88. The van der Waals surface area contributed by atoms with E-state index in [-0.39, 0.29) is 5.92 Å². The maximum Gasteiger partial charge on any atom is 0.330 e. The van der Waals surface area contributed by atoms with Gasteiger partial charge in [-0.1, -0.05) is 13.8 Å². The molecule has 0 aliphatic heterocycles. The van der Waals surface area contributed by atoms with Gasteiger partial charge in [0.1, 0.15) is 12.1 Å². The van der Waals surface area contributed by atoms with Crippen LogP contribution in [0.2, 0.25) is 0 Å². The van der Waals surface area contributed by atoms with E-state index in [9.17, 15) is 14.4 Å². The smallest absolute Gasteiger partial charge is 0.330 e. The molecule has 0 saturated carbocycles. The van der Waals surface area contributed by atoms with E-state index < -0.39 is 36.4 Å². The summed E-state index contributed by atoms with van der Waals surface area (Å²) in [5.74, 6) is -2.99. The van der Waals surface area contributed by atoms with E-state index in [0.29, 0.717) is 6.42 Å². The third-order valence-electron chi connectivity index (χ3n) is 1.95. The van der Waals surface area contributed by atoms with Crippen LogP contribution in [0.3, 0.4) is 0 Å². The number of ether oxygens (including phenoxy) is 1. The Kier molecular flexibility index (Phi) is 6.37. The number of esters is 2. The monoisotopic (exact) mass is 246 g/mol. The van der Waals surface area contributed by atoms with Crippen molar-refractivity contribution >= 4 is 17.9 Å². The molecule has 0 aromatic rings. The van der Waals surface area contributed by atoms with Gasteiger partial charge in [0, 0.05) is 0 Å². The van der Waals surface area contributed by atoms with Crippen LogP contribution in [-0.4, -0.2) is 35.1 Å². The zero-order chi connectivity index (χ0) is 13.6. The zero-order valence-corrected chi connectivity index (χ0v) is 9.88. The predicted molar refractivity (Wildman–Crippen MR) is 58.8 cm³/mol. The van der Waals surface area contributed by atoms with Crippen LogP contribution in [0.1, 0.15) is 26.7 Å². The average Bonchev–Trinajstić information content (AvgIpc) is 2.15. The maximum absolute atomic E-state index is 11.3. The normalized spacial score (nSPS) is 14.2. The molecule has 0 amide bonds. The maximum atomic E-state index is 11.3. The Hall–Kier alpha value is -1.47. The van der Waals surface area contributed by atoms with Crippen LogP contribution < -0.4 is 11.5 Å². The van der Waals surface area contributed by atoms with Gasteiger partial charge in [0.15, 0.2) is 0 Å². The highest BCUT2D eigenvalue weighted by Gasteiger charge is 2.23. The highest BCUT2D eigenvalue weighted by molar-refractivity contribution is 5.90. The van der Waals surface area contributed by atoms with Crippen LogP contribution in [-0.2, 0) is 19.1 Å². The molecule has 0 fully saturated rings. The van der Waals surface area contributed by atoms with Gasteiger partial charge in [-0.2, -0.15) is 0 Å². The second-order valence-corrected chi connectivity index (χ2v) is 4.18. The second-order valence-electron chi connectivity index (χ2n) is 4.18. The number of hydrogen-bond donors (Lipinski definition) is 3. The molecule has 0 bridgehead atoms. The van der Waals surface area contributed by atoms with Crippen LogP contribution in [0, 0.1) is 5.92 Å². The molecular formula is C10H18N2O5. The molecule has 5 N–H and O–H groups in total. The minimum atomic E-state index is -1.38. The van der Waals surface area contributed by atoms with Crippen LogP contribution in [0.15, 0.2) is 0 Å². The summed E-state index contributed by atoms with van der Waals surface area (Å²) in [6, 6.07) is -2.27. The molecule has 0 aromatic carbocycles. The van der Waals surface area contributed by atoms with Crippen LogP contribution >= 0.6 is 0 Å². The van der Waals surface area contributed by atoms with E-state index in [1.807, 2.05) is 13.8 Å². The van der Waals surface area contributed by atoms with Gasteiger partial charge in [0.05, 0.1) is 6.42 Å². The van der Waals surface area contributed by atoms with Crippen molar-refractivity contribution in [2.24, 2.45) is 17.4 Å². The molecule has 0 aliphatic rings. The summed E-state index contributed by atoms with van der Waals surface area (Å²) in [5, 5.41) is 8.45. The lowest BCUT2D eigenvalue weighted by Crippen LogP contribution is -2.38. The molecule has 98 valence electrons. The van der Waals surface area contributed by atoms with Crippen molar-refractivity contribution in [3.63, 3.8) is 0 Å². The summed E-state index contributed by atoms with van der Waals surface area (Å²) < 4.78 is 4.39. The van der Waals surface area contributed by atoms with Gasteiger partial charge in [0.2, 0.25) is 0 Å². The van der Waals surface area contributed by atoms with Crippen LogP contribution in [0.25, 0.3) is 0 Å². The Morgan fingerprint density at radius 1 is 1.18 bits per heavy atom. The number of carboxylic acids is 1. The lowest BCUT2D eigenvalue weighted by molar-refractivity contribution is -0.162. The molecule has 0 rings (SSSR count). The first kappa shape index (κ1) is 15.5. The first-order valence-electron chi connectivity index (χ1n) is 5.22. The Balaban J connectivity index is 4.12. The van der Waals surface area contributed by atoms with Crippen molar-refractivity contribution in [2.75, 3.05) is 0 Å². The van der Waals surface area contributed by atoms with E-state index in [1.54, 1.807) is 0 Å². The quantitative estimate of drug-likeness (QED) is 0.414. The average molecular weight is 246 g/mol. The fraction of sp³-hybridized carbons (Fsp3) is 0.700. The number of carbonyl (C=O) groups excluding carboxylic acids is 2. The van der Waals surface area contributed by atoms with E-state index in [2.05, 4.69) is 4.74 Å². The van der Waals surface area contributed by atoms with Crippen LogP contribution in [0.5, 0.6) is 0 Å². The molecule has 2 atom stereocenters. The Morgan fingerprint density at radius 3 is 2.12 bits per heavy atom. The van der Waals surface area contributed by atoms with Crippen LogP contribution in [0.4, 0.5) is 0 Å². The van der Waals surface area contributed by atoms with E-state index in [0.717, 1.165) is 0 Å². The van der Waals surface area contributed by atoms with Gasteiger partial charge in [-0.3, -0.25) is 9.59 Å². The number of nitrogens with two attached hydrogens (primary N) is 2. The number of hydrogen-bond acceptors (Lipinski definition) is 6. The molecule has 0 saturated heterocycles. The minimum absolute atomic E-state index is 0.189. The first-order chi connectivity index (χ1) is 7.73. The first-order valence-corrected chi connectivity index (χ1v) is 5.22. The molecule has 0 aromatic heterocycles. The highest BCUT2D eigenvalue weighted by atomic mass is 16.6. The summed E-state index contributed by atoms with van der Waals surface area (Å²) in [5.41, 5.74) is 10.6. The molecule has 0 radical (unpaired) electrons. The van der Waals surface area contributed by atoms with Gasteiger partial charge in [-0.25, -0.2) is 4.79 Å². The molecule has 0 heterocycles. The van der Waals surface area contributed by atoms with Crippen molar-refractivity contribution in [3.05, 3.63) is 0 Å². The topological polar surface area (TPSA) is 133 Å². The van der Waals surface area contributed by atoms with E-state index in [4.69, 9.17) is 16.6 Å². The number of carboxylic acid groups (broad SMARTS) is 1. The highest BCUT2D eigenvalue weighted by Crippen LogP contribution is 2.05. The van der Waals surface area contributed by atoms with E-state index >= 15 is 0 Å². The summed E-state index contributed by atoms with van der Waals surface area (Å²) in [7, 11) is 0. The molecule has 2 unspecified atom stereocenters.